The van der Waals surface area contributed by atoms with E-state index in [1.807, 2.05) is 6.92 Å². The molecule has 1 saturated heterocycles. The smallest absolute Gasteiger partial charge is 0.250 e. The second-order valence-electron chi connectivity index (χ2n) is 6.19. The molecule has 2 amide bonds. The molecule has 2 rings (SSSR count). The molecule has 2 unspecified atom stereocenters. The van der Waals surface area contributed by atoms with Gasteiger partial charge in [-0.15, -0.1) is 11.3 Å². The lowest BCUT2D eigenvalue weighted by Crippen LogP contribution is -2.51. The summed E-state index contributed by atoms with van der Waals surface area (Å²) in [6, 6.07) is 2.28. The highest BCUT2D eigenvalue weighted by Crippen LogP contribution is 2.19. The van der Waals surface area contributed by atoms with Crippen molar-refractivity contribution >= 4 is 33.2 Å². The second kappa shape index (κ2) is 8.77. The lowest BCUT2D eigenvalue weighted by atomic mass is 9.96. The van der Waals surface area contributed by atoms with Gasteiger partial charge in [-0.05, 0) is 37.6 Å². The molecular weight excluding hydrogens is 362 g/mol. The molecule has 25 heavy (non-hydrogen) atoms. The number of amides is 2. The predicted octanol–water partition coefficient (Wildman–Crippen LogP) is 1.18. The van der Waals surface area contributed by atoms with Gasteiger partial charge in [0.1, 0.15) is 4.21 Å². The normalized spacial score (nSPS) is 19.4. The minimum atomic E-state index is -3.70. The number of hydrogen-bond acceptors (Lipinski definition) is 5. The fraction of sp³-hybridized carbons (Fsp3) is 0.625. The summed E-state index contributed by atoms with van der Waals surface area (Å²) in [4.78, 5) is 26.3. The first kappa shape index (κ1) is 19.9. The van der Waals surface area contributed by atoms with E-state index in [1.165, 1.54) is 13.0 Å². The zero-order chi connectivity index (χ0) is 18.4. The zero-order valence-corrected chi connectivity index (χ0v) is 16.2. The number of nitrogens with zero attached hydrogens (tertiary/aromatic N) is 1. The van der Waals surface area contributed by atoms with Crippen LogP contribution in [0, 0.1) is 5.92 Å². The van der Waals surface area contributed by atoms with Gasteiger partial charge in [0.2, 0.25) is 11.8 Å². The Labute approximate surface area is 152 Å². The first-order chi connectivity index (χ1) is 11.8. The molecule has 0 aliphatic carbocycles. The highest BCUT2D eigenvalue weighted by molar-refractivity contribution is 7.91. The fourth-order valence-electron chi connectivity index (χ4n) is 2.82. The van der Waals surface area contributed by atoms with Crippen LogP contribution in [0.4, 0.5) is 0 Å². The van der Waals surface area contributed by atoms with Crippen molar-refractivity contribution in [1.82, 2.24) is 14.9 Å². The van der Waals surface area contributed by atoms with Gasteiger partial charge in [-0.25, -0.2) is 8.42 Å². The third kappa shape index (κ3) is 5.26. The van der Waals surface area contributed by atoms with Crippen LogP contribution in [0.5, 0.6) is 0 Å². The predicted molar refractivity (Wildman–Crippen MR) is 96.7 cm³/mol. The molecule has 2 atom stereocenters. The van der Waals surface area contributed by atoms with Crippen LogP contribution < -0.4 is 10.0 Å². The van der Waals surface area contributed by atoms with Crippen LogP contribution in [-0.4, -0.2) is 50.8 Å². The Morgan fingerprint density at radius 3 is 2.84 bits per heavy atom. The molecule has 2 N–H and O–H groups in total. The van der Waals surface area contributed by atoms with E-state index in [9.17, 15) is 18.0 Å². The van der Waals surface area contributed by atoms with Crippen LogP contribution in [0.25, 0.3) is 0 Å². The standard InChI is InChI=1S/C16H25N3O4S2/c1-3-8-17-15(20)13-6-4-9-19(11-13)16(21)12(2)18-25(22,23)14-7-5-10-24-14/h5,7,10,12-13,18H,3-4,6,8-9,11H2,1-2H3,(H,17,20). The van der Waals surface area contributed by atoms with E-state index in [0.29, 0.717) is 19.6 Å². The first-order valence-corrected chi connectivity index (χ1v) is 10.8. The number of carbonyl (C=O) groups excluding carboxylic acids is 2. The van der Waals surface area contributed by atoms with Crippen molar-refractivity contribution in [2.24, 2.45) is 5.92 Å². The van der Waals surface area contributed by atoms with Gasteiger partial charge >= 0.3 is 0 Å². The molecule has 1 aromatic rings. The average Bonchev–Trinajstić information content (AvgIpc) is 3.14. The lowest BCUT2D eigenvalue weighted by Gasteiger charge is -2.33. The first-order valence-electron chi connectivity index (χ1n) is 8.47. The van der Waals surface area contributed by atoms with Crippen molar-refractivity contribution in [3.8, 4) is 0 Å². The van der Waals surface area contributed by atoms with E-state index in [-0.39, 0.29) is 21.9 Å². The van der Waals surface area contributed by atoms with Gasteiger partial charge in [0.25, 0.3) is 10.0 Å². The molecule has 0 saturated carbocycles. The van der Waals surface area contributed by atoms with Crippen LogP contribution in [0.3, 0.4) is 0 Å². The number of sulfonamides is 1. The van der Waals surface area contributed by atoms with E-state index in [2.05, 4.69) is 10.0 Å². The van der Waals surface area contributed by atoms with E-state index in [4.69, 9.17) is 0 Å². The Bertz CT molecular complexity index is 688. The SMILES string of the molecule is CCCNC(=O)C1CCCN(C(=O)C(C)NS(=O)(=O)c2cccs2)C1. The number of thiophene rings is 1. The Balaban J connectivity index is 1.96. The van der Waals surface area contributed by atoms with Gasteiger partial charge in [-0.1, -0.05) is 13.0 Å². The van der Waals surface area contributed by atoms with Crippen LogP contribution in [0.2, 0.25) is 0 Å². The molecule has 7 nitrogen and oxygen atoms in total. The molecule has 0 bridgehead atoms. The molecule has 0 spiro atoms. The number of rotatable bonds is 7. The molecular formula is C16H25N3O4S2. The van der Waals surface area contributed by atoms with Gasteiger partial charge < -0.3 is 10.2 Å². The highest BCUT2D eigenvalue weighted by atomic mass is 32.2. The Kier molecular flexibility index (Phi) is 6.97. The summed E-state index contributed by atoms with van der Waals surface area (Å²) in [5.74, 6) is -0.565. The lowest BCUT2D eigenvalue weighted by molar-refractivity contribution is -0.136. The molecule has 9 heteroatoms. The summed E-state index contributed by atoms with van der Waals surface area (Å²) >= 11 is 1.10. The van der Waals surface area contributed by atoms with Crippen molar-refractivity contribution in [3.05, 3.63) is 17.5 Å². The molecule has 1 aromatic heterocycles. The molecule has 1 aliphatic heterocycles. The van der Waals surface area contributed by atoms with Gasteiger partial charge in [-0.3, -0.25) is 9.59 Å². The number of piperidine rings is 1. The minimum Gasteiger partial charge on any atom is -0.356 e. The number of hydrogen-bond donors (Lipinski definition) is 2. The molecule has 1 fully saturated rings. The molecule has 2 heterocycles. The number of nitrogens with one attached hydrogen (secondary N) is 2. The monoisotopic (exact) mass is 387 g/mol. The van der Waals surface area contributed by atoms with Gasteiger partial charge in [0, 0.05) is 19.6 Å². The maximum atomic E-state index is 12.6. The maximum absolute atomic E-state index is 12.6. The van der Waals surface area contributed by atoms with Gasteiger partial charge in [-0.2, -0.15) is 4.72 Å². The second-order valence-corrected chi connectivity index (χ2v) is 9.08. The van der Waals surface area contributed by atoms with Crippen LogP contribution >= 0.6 is 11.3 Å². The van der Waals surface area contributed by atoms with Crippen molar-refractivity contribution in [2.75, 3.05) is 19.6 Å². The summed E-state index contributed by atoms with van der Waals surface area (Å²) < 4.78 is 27.1. The van der Waals surface area contributed by atoms with Gasteiger partial charge in [0.15, 0.2) is 0 Å². The summed E-state index contributed by atoms with van der Waals surface area (Å²) in [5.41, 5.74) is 0. The highest BCUT2D eigenvalue weighted by Gasteiger charge is 2.32. The summed E-state index contributed by atoms with van der Waals surface area (Å²) in [5, 5.41) is 4.53. The van der Waals surface area contributed by atoms with Crippen molar-refractivity contribution in [2.45, 2.75) is 43.4 Å². The maximum Gasteiger partial charge on any atom is 0.250 e. The largest absolute Gasteiger partial charge is 0.356 e. The van der Waals surface area contributed by atoms with Crippen LogP contribution in [-0.2, 0) is 19.6 Å². The molecule has 140 valence electrons. The third-order valence-corrected chi connectivity index (χ3v) is 7.05. The van der Waals surface area contributed by atoms with E-state index < -0.39 is 16.1 Å². The molecule has 0 radical (unpaired) electrons. The van der Waals surface area contributed by atoms with E-state index in [1.54, 1.807) is 16.3 Å². The third-order valence-electron chi connectivity index (χ3n) is 4.12. The zero-order valence-electron chi connectivity index (χ0n) is 14.5. The number of carbonyl (C=O) groups is 2. The number of likely N-dealkylation sites (tertiary alicyclic amines) is 1. The Morgan fingerprint density at radius 2 is 2.20 bits per heavy atom. The summed E-state index contributed by atoms with van der Waals surface area (Å²) in [6.45, 7) is 5.02. The molecule has 0 aromatic carbocycles. The Morgan fingerprint density at radius 1 is 1.44 bits per heavy atom. The van der Waals surface area contributed by atoms with Crippen LogP contribution in [0.15, 0.2) is 21.7 Å². The topological polar surface area (TPSA) is 95.6 Å². The van der Waals surface area contributed by atoms with E-state index >= 15 is 0 Å². The average molecular weight is 388 g/mol. The minimum absolute atomic E-state index is 0.0360. The van der Waals surface area contributed by atoms with Crippen molar-refractivity contribution in [3.63, 3.8) is 0 Å². The quantitative estimate of drug-likeness (QED) is 0.734. The van der Waals surface area contributed by atoms with E-state index in [0.717, 1.165) is 30.6 Å². The van der Waals surface area contributed by atoms with Crippen molar-refractivity contribution < 1.29 is 18.0 Å². The molecule has 1 aliphatic rings. The summed E-state index contributed by atoms with van der Waals surface area (Å²) in [7, 11) is -3.70. The summed E-state index contributed by atoms with van der Waals surface area (Å²) in [6.07, 6.45) is 2.34. The van der Waals surface area contributed by atoms with Crippen LogP contribution in [0.1, 0.15) is 33.1 Å². The van der Waals surface area contributed by atoms with Crippen molar-refractivity contribution in [1.29, 1.82) is 0 Å². The Hall–Kier alpha value is -1.45. The van der Waals surface area contributed by atoms with Gasteiger partial charge in [0.05, 0.1) is 12.0 Å². The fourth-order valence-corrected chi connectivity index (χ4v) is 5.02.